The maximum atomic E-state index is 5.53. The first-order valence-electron chi connectivity index (χ1n) is 4.84. The Balaban J connectivity index is 2.25. The standard InChI is InChI=1S/C12H14O2/c1-9(2)13-7-10-8-14-12-6-4-3-5-11(10)12/h3-6,8-9H,7H2,1-2H3. The fraction of sp³-hybridized carbons (Fsp3) is 0.333. The summed E-state index contributed by atoms with van der Waals surface area (Å²) in [4.78, 5) is 0. The van der Waals surface area contributed by atoms with Gasteiger partial charge in [-0.1, -0.05) is 18.2 Å². The molecule has 0 saturated carbocycles. The van der Waals surface area contributed by atoms with Gasteiger partial charge in [0.05, 0.1) is 19.0 Å². The number of ether oxygens (including phenoxy) is 1. The van der Waals surface area contributed by atoms with Crippen LogP contribution in [-0.2, 0) is 11.3 Å². The molecule has 2 rings (SSSR count). The van der Waals surface area contributed by atoms with Crippen molar-refractivity contribution in [3.05, 3.63) is 36.1 Å². The van der Waals surface area contributed by atoms with Gasteiger partial charge in [-0.2, -0.15) is 0 Å². The van der Waals surface area contributed by atoms with E-state index in [-0.39, 0.29) is 6.10 Å². The molecule has 1 aromatic carbocycles. The summed E-state index contributed by atoms with van der Waals surface area (Å²) in [5.41, 5.74) is 2.05. The van der Waals surface area contributed by atoms with E-state index in [1.165, 1.54) is 0 Å². The molecule has 0 spiro atoms. The van der Waals surface area contributed by atoms with Gasteiger partial charge in [0.2, 0.25) is 0 Å². The minimum Gasteiger partial charge on any atom is -0.464 e. The molecule has 0 aliphatic rings. The molecule has 2 nitrogen and oxygen atoms in total. The van der Waals surface area contributed by atoms with Gasteiger partial charge < -0.3 is 9.15 Å². The van der Waals surface area contributed by atoms with Gasteiger partial charge >= 0.3 is 0 Å². The second kappa shape index (κ2) is 3.84. The SMILES string of the molecule is CC(C)OCc1coc2ccccc12. The van der Waals surface area contributed by atoms with Gasteiger partial charge in [-0.05, 0) is 19.9 Å². The predicted molar refractivity (Wildman–Crippen MR) is 56.1 cm³/mol. The summed E-state index contributed by atoms with van der Waals surface area (Å²) in [5.74, 6) is 0. The van der Waals surface area contributed by atoms with E-state index < -0.39 is 0 Å². The van der Waals surface area contributed by atoms with E-state index in [0.29, 0.717) is 6.61 Å². The summed E-state index contributed by atoms with van der Waals surface area (Å²) in [6.45, 7) is 4.68. The van der Waals surface area contributed by atoms with Crippen LogP contribution in [0.2, 0.25) is 0 Å². The molecule has 0 aliphatic heterocycles. The summed E-state index contributed by atoms with van der Waals surface area (Å²) < 4.78 is 10.9. The van der Waals surface area contributed by atoms with E-state index in [0.717, 1.165) is 16.5 Å². The summed E-state index contributed by atoms with van der Waals surface area (Å²) in [6.07, 6.45) is 2.02. The zero-order valence-corrected chi connectivity index (χ0v) is 8.49. The number of hydrogen-bond acceptors (Lipinski definition) is 2. The molecule has 0 amide bonds. The predicted octanol–water partition coefficient (Wildman–Crippen LogP) is 3.36. The van der Waals surface area contributed by atoms with E-state index in [9.17, 15) is 0 Å². The molecule has 74 valence electrons. The van der Waals surface area contributed by atoms with Crippen molar-refractivity contribution in [2.45, 2.75) is 26.6 Å². The summed E-state index contributed by atoms with van der Waals surface area (Å²) >= 11 is 0. The Kier molecular flexibility index (Phi) is 2.55. The third-order valence-electron chi connectivity index (χ3n) is 2.13. The van der Waals surface area contributed by atoms with Crippen molar-refractivity contribution in [3.63, 3.8) is 0 Å². The van der Waals surface area contributed by atoms with Gasteiger partial charge in [0.15, 0.2) is 0 Å². The van der Waals surface area contributed by atoms with Crippen LogP contribution in [0.4, 0.5) is 0 Å². The van der Waals surface area contributed by atoms with Gasteiger partial charge in [0.25, 0.3) is 0 Å². The van der Waals surface area contributed by atoms with Gasteiger partial charge in [0, 0.05) is 10.9 Å². The fourth-order valence-electron chi connectivity index (χ4n) is 1.40. The van der Waals surface area contributed by atoms with Crippen molar-refractivity contribution in [2.24, 2.45) is 0 Å². The highest BCUT2D eigenvalue weighted by Crippen LogP contribution is 2.21. The average Bonchev–Trinajstić information content (AvgIpc) is 2.58. The highest BCUT2D eigenvalue weighted by Gasteiger charge is 2.05. The second-order valence-electron chi connectivity index (χ2n) is 3.62. The van der Waals surface area contributed by atoms with E-state index in [1.54, 1.807) is 6.26 Å². The third kappa shape index (κ3) is 1.80. The van der Waals surface area contributed by atoms with E-state index in [1.807, 2.05) is 32.0 Å². The summed E-state index contributed by atoms with van der Waals surface area (Å²) in [5, 5.41) is 1.15. The number of rotatable bonds is 3. The van der Waals surface area contributed by atoms with Crippen LogP contribution in [0.25, 0.3) is 11.0 Å². The zero-order chi connectivity index (χ0) is 9.97. The Labute approximate surface area is 83.5 Å². The van der Waals surface area contributed by atoms with Crippen molar-refractivity contribution in [1.29, 1.82) is 0 Å². The normalized spacial score (nSPS) is 11.4. The average molecular weight is 190 g/mol. The van der Waals surface area contributed by atoms with Crippen LogP contribution in [-0.4, -0.2) is 6.10 Å². The van der Waals surface area contributed by atoms with Crippen molar-refractivity contribution in [2.75, 3.05) is 0 Å². The Morgan fingerprint density at radius 2 is 2.07 bits per heavy atom. The molecular formula is C12H14O2. The number of furan rings is 1. The summed E-state index contributed by atoms with van der Waals surface area (Å²) in [7, 11) is 0. The maximum Gasteiger partial charge on any atom is 0.134 e. The Hall–Kier alpha value is -1.28. The molecular weight excluding hydrogens is 176 g/mol. The van der Waals surface area contributed by atoms with Gasteiger partial charge in [0.1, 0.15) is 5.58 Å². The maximum absolute atomic E-state index is 5.53. The Morgan fingerprint density at radius 1 is 1.29 bits per heavy atom. The van der Waals surface area contributed by atoms with Crippen LogP contribution in [0.5, 0.6) is 0 Å². The van der Waals surface area contributed by atoms with Gasteiger partial charge in [-0.3, -0.25) is 0 Å². The monoisotopic (exact) mass is 190 g/mol. The van der Waals surface area contributed by atoms with Crippen LogP contribution < -0.4 is 0 Å². The molecule has 1 heterocycles. The Morgan fingerprint density at radius 3 is 2.86 bits per heavy atom. The van der Waals surface area contributed by atoms with Crippen LogP contribution in [0.15, 0.2) is 34.9 Å². The molecule has 0 bridgehead atoms. The van der Waals surface area contributed by atoms with Crippen LogP contribution >= 0.6 is 0 Å². The van der Waals surface area contributed by atoms with Gasteiger partial charge in [-0.15, -0.1) is 0 Å². The van der Waals surface area contributed by atoms with E-state index in [4.69, 9.17) is 9.15 Å². The first kappa shape index (κ1) is 9.28. The molecule has 14 heavy (non-hydrogen) atoms. The van der Waals surface area contributed by atoms with E-state index >= 15 is 0 Å². The minimum absolute atomic E-state index is 0.253. The molecule has 0 saturated heterocycles. The smallest absolute Gasteiger partial charge is 0.134 e. The first-order valence-corrected chi connectivity index (χ1v) is 4.84. The van der Waals surface area contributed by atoms with Gasteiger partial charge in [-0.25, -0.2) is 0 Å². The minimum atomic E-state index is 0.253. The number of hydrogen-bond donors (Lipinski definition) is 0. The fourth-order valence-corrected chi connectivity index (χ4v) is 1.40. The third-order valence-corrected chi connectivity index (χ3v) is 2.13. The lowest BCUT2D eigenvalue weighted by Gasteiger charge is -2.05. The molecule has 0 N–H and O–H groups in total. The molecule has 0 unspecified atom stereocenters. The number of para-hydroxylation sites is 1. The summed E-state index contributed by atoms with van der Waals surface area (Å²) in [6, 6.07) is 8.00. The lowest BCUT2D eigenvalue weighted by Crippen LogP contribution is -2.01. The zero-order valence-electron chi connectivity index (χ0n) is 8.49. The van der Waals surface area contributed by atoms with Crippen LogP contribution in [0.1, 0.15) is 19.4 Å². The molecule has 1 aromatic heterocycles. The van der Waals surface area contributed by atoms with Crippen molar-refractivity contribution in [1.82, 2.24) is 0 Å². The highest BCUT2D eigenvalue weighted by molar-refractivity contribution is 5.80. The van der Waals surface area contributed by atoms with Crippen molar-refractivity contribution >= 4 is 11.0 Å². The molecule has 0 fully saturated rings. The lowest BCUT2D eigenvalue weighted by molar-refractivity contribution is 0.0660. The van der Waals surface area contributed by atoms with E-state index in [2.05, 4.69) is 6.07 Å². The second-order valence-corrected chi connectivity index (χ2v) is 3.62. The molecule has 0 radical (unpaired) electrons. The quantitative estimate of drug-likeness (QED) is 0.740. The van der Waals surface area contributed by atoms with Crippen LogP contribution in [0.3, 0.4) is 0 Å². The van der Waals surface area contributed by atoms with Crippen molar-refractivity contribution < 1.29 is 9.15 Å². The first-order chi connectivity index (χ1) is 6.77. The number of benzene rings is 1. The molecule has 2 aromatic rings. The molecule has 0 atom stereocenters. The highest BCUT2D eigenvalue weighted by atomic mass is 16.5. The molecule has 2 heteroatoms. The van der Waals surface area contributed by atoms with Crippen LogP contribution in [0, 0.1) is 0 Å². The topological polar surface area (TPSA) is 22.4 Å². The Bertz CT molecular complexity index is 415. The lowest BCUT2D eigenvalue weighted by atomic mass is 10.2. The largest absolute Gasteiger partial charge is 0.464 e. The van der Waals surface area contributed by atoms with Crippen molar-refractivity contribution in [3.8, 4) is 0 Å². The number of fused-ring (bicyclic) bond motifs is 1. The molecule has 0 aliphatic carbocycles.